The summed E-state index contributed by atoms with van der Waals surface area (Å²) in [6.45, 7) is 0. The molecule has 1 aromatic rings. The van der Waals surface area contributed by atoms with Crippen LogP contribution < -0.4 is 4.84 Å². The van der Waals surface area contributed by atoms with Crippen LogP contribution >= 0.6 is 11.6 Å². The molecule has 1 rings (SSSR count). The third-order valence-corrected chi connectivity index (χ3v) is 1.62. The van der Waals surface area contributed by atoms with Crippen LogP contribution in [0.5, 0.6) is 0 Å². The lowest BCUT2D eigenvalue weighted by Crippen LogP contribution is -2.31. The molecule has 1 amide bonds. The lowest BCUT2D eigenvalue weighted by molar-refractivity contribution is 0.106. The Morgan fingerprint density at radius 1 is 1.71 bits per heavy atom. The van der Waals surface area contributed by atoms with Gasteiger partial charge >= 0.3 is 6.09 Å². The van der Waals surface area contributed by atoms with Crippen LogP contribution in [0.4, 0.5) is 4.79 Å². The van der Waals surface area contributed by atoms with Gasteiger partial charge in [0.25, 0.3) is 0 Å². The minimum atomic E-state index is -0.575. The van der Waals surface area contributed by atoms with E-state index in [0.717, 1.165) is 4.73 Å². The standard InChI is InChI=1S/C8H8ClN3O2/c1-11(2)8(13)14-12-5-6(9)3-7(12)4-10/h3,5H,1-2H3. The number of halogens is 1. The smallest absolute Gasteiger partial charge is 0.316 e. The molecule has 1 aromatic heterocycles. The molecule has 0 atom stereocenters. The van der Waals surface area contributed by atoms with E-state index in [1.165, 1.54) is 17.2 Å². The number of hydrogen-bond acceptors (Lipinski definition) is 3. The summed E-state index contributed by atoms with van der Waals surface area (Å²) in [6, 6.07) is 3.25. The Labute approximate surface area is 86.0 Å². The quantitative estimate of drug-likeness (QED) is 0.703. The average molecular weight is 214 g/mol. The predicted octanol–water partition coefficient (Wildman–Crippen LogP) is 1.12. The molecule has 14 heavy (non-hydrogen) atoms. The summed E-state index contributed by atoms with van der Waals surface area (Å²) in [5.74, 6) is 0. The third-order valence-electron chi connectivity index (χ3n) is 1.41. The van der Waals surface area contributed by atoms with E-state index >= 15 is 0 Å². The molecule has 0 spiro atoms. The van der Waals surface area contributed by atoms with Crippen LogP contribution in [0.25, 0.3) is 0 Å². The molecule has 5 nitrogen and oxygen atoms in total. The number of rotatable bonds is 1. The summed E-state index contributed by atoms with van der Waals surface area (Å²) in [7, 11) is 3.08. The molecule has 0 fully saturated rings. The topological polar surface area (TPSA) is 58.3 Å². The fourth-order valence-electron chi connectivity index (χ4n) is 0.736. The zero-order valence-electron chi connectivity index (χ0n) is 7.69. The van der Waals surface area contributed by atoms with E-state index in [1.807, 2.05) is 6.07 Å². The lowest BCUT2D eigenvalue weighted by Gasteiger charge is -2.10. The molecule has 0 unspecified atom stereocenters. The second kappa shape index (κ2) is 4.03. The molecule has 0 bridgehead atoms. The molecule has 0 N–H and O–H groups in total. The third kappa shape index (κ3) is 2.18. The van der Waals surface area contributed by atoms with E-state index in [2.05, 4.69) is 0 Å². The van der Waals surface area contributed by atoms with Gasteiger partial charge in [-0.05, 0) is 6.07 Å². The van der Waals surface area contributed by atoms with E-state index < -0.39 is 6.09 Å². The zero-order chi connectivity index (χ0) is 10.7. The van der Waals surface area contributed by atoms with E-state index in [9.17, 15) is 4.79 Å². The number of hydrogen-bond donors (Lipinski definition) is 0. The Balaban J connectivity index is 2.87. The SMILES string of the molecule is CN(C)C(=O)On1cc(Cl)cc1C#N. The summed E-state index contributed by atoms with van der Waals surface area (Å²) in [5.41, 5.74) is 0.171. The van der Waals surface area contributed by atoms with Crippen molar-refractivity contribution < 1.29 is 9.63 Å². The van der Waals surface area contributed by atoms with Gasteiger partial charge in [0.2, 0.25) is 0 Å². The minimum Gasteiger partial charge on any atom is -0.316 e. The first-order valence-corrected chi connectivity index (χ1v) is 4.10. The highest BCUT2D eigenvalue weighted by atomic mass is 35.5. The summed E-state index contributed by atoms with van der Waals surface area (Å²) in [5, 5.41) is 8.99. The molecule has 0 saturated heterocycles. The highest BCUT2D eigenvalue weighted by Crippen LogP contribution is 2.11. The number of carbonyl (C=O) groups excluding carboxylic acids is 1. The minimum absolute atomic E-state index is 0.171. The van der Waals surface area contributed by atoms with Gasteiger partial charge in [0, 0.05) is 14.1 Å². The monoisotopic (exact) mass is 213 g/mol. The number of nitriles is 1. The van der Waals surface area contributed by atoms with Crippen molar-refractivity contribution >= 4 is 17.7 Å². The van der Waals surface area contributed by atoms with Crippen LogP contribution in [0, 0.1) is 11.3 Å². The van der Waals surface area contributed by atoms with Gasteiger partial charge in [-0.2, -0.15) is 9.99 Å². The van der Waals surface area contributed by atoms with E-state index in [1.54, 1.807) is 14.1 Å². The molecule has 74 valence electrons. The Morgan fingerprint density at radius 3 is 2.86 bits per heavy atom. The Hall–Kier alpha value is -1.67. The normalized spacial score (nSPS) is 9.29. The molecule has 0 aromatic carbocycles. The van der Waals surface area contributed by atoms with Gasteiger partial charge < -0.3 is 9.74 Å². The first-order chi connectivity index (χ1) is 6.54. The first kappa shape index (κ1) is 10.4. The number of nitrogens with zero attached hydrogens (tertiary/aromatic N) is 3. The Bertz CT molecular complexity index is 392. The van der Waals surface area contributed by atoms with Crippen LogP contribution in [0.3, 0.4) is 0 Å². The summed E-state index contributed by atoms with van der Waals surface area (Å²) < 4.78 is 1.03. The number of amides is 1. The molecule has 0 aliphatic heterocycles. The van der Waals surface area contributed by atoms with Crippen LogP contribution in [0.2, 0.25) is 5.02 Å². The molecule has 6 heteroatoms. The van der Waals surface area contributed by atoms with Crippen LogP contribution in [-0.2, 0) is 0 Å². The van der Waals surface area contributed by atoms with Gasteiger partial charge in [-0.1, -0.05) is 11.6 Å². The molecule has 0 aliphatic rings. The van der Waals surface area contributed by atoms with Crippen molar-refractivity contribution in [2.24, 2.45) is 0 Å². The van der Waals surface area contributed by atoms with Gasteiger partial charge in [-0.25, -0.2) is 4.79 Å². The second-order valence-corrected chi connectivity index (χ2v) is 3.17. The molecule has 0 radical (unpaired) electrons. The first-order valence-electron chi connectivity index (χ1n) is 3.72. The Morgan fingerprint density at radius 2 is 2.36 bits per heavy atom. The predicted molar refractivity (Wildman–Crippen MR) is 49.8 cm³/mol. The highest BCUT2D eigenvalue weighted by molar-refractivity contribution is 6.30. The summed E-state index contributed by atoms with van der Waals surface area (Å²) in [4.78, 5) is 17.2. The fraction of sp³-hybridized carbons (Fsp3) is 0.250. The molecule has 0 aliphatic carbocycles. The van der Waals surface area contributed by atoms with Crippen molar-refractivity contribution in [1.29, 1.82) is 5.26 Å². The number of carbonyl (C=O) groups is 1. The number of aromatic nitrogens is 1. The van der Waals surface area contributed by atoms with Crippen molar-refractivity contribution in [3.8, 4) is 6.07 Å². The zero-order valence-corrected chi connectivity index (χ0v) is 8.45. The maximum Gasteiger partial charge on any atom is 0.434 e. The molecule has 1 heterocycles. The highest BCUT2D eigenvalue weighted by Gasteiger charge is 2.10. The van der Waals surface area contributed by atoms with Gasteiger partial charge in [0.15, 0.2) is 5.69 Å². The fourth-order valence-corrected chi connectivity index (χ4v) is 0.928. The van der Waals surface area contributed by atoms with Crippen molar-refractivity contribution in [3.63, 3.8) is 0 Å². The van der Waals surface area contributed by atoms with E-state index in [4.69, 9.17) is 21.7 Å². The van der Waals surface area contributed by atoms with Crippen molar-refractivity contribution in [2.45, 2.75) is 0 Å². The van der Waals surface area contributed by atoms with Crippen molar-refractivity contribution in [1.82, 2.24) is 9.63 Å². The average Bonchev–Trinajstić information content (AvgIpc) is 2.45. The summed E-state index contributed by atoms with van der Waals surface area (Å²) in [6.07, 6.45) is 0.774. The lowest BCUT2D eigenvalue weighted by atomic mass is 10.5. The van der Waals surface area contributed by atoms with Crippen molar-refractivity contribution in [2.75, 3.05) is 14.1 Å². The molecular weight excluding hydrogens is 206 g/mol. The maximum absolute atomic E-state index is 11.1. The van der Waals surface area contributed by atoms with E-state index in [-0.39, 0.29) is 5.69 Å². The summed E-state index contributed by atoms with van der Waals surface area (Å²) >= 11 is 5.63. The molecule has 0 saturated carbocycles. The van der Waals surface area contributed by atoms with Gasteiger partial charge in [0.05, 0.1) is 11.2 Å². The van der Waals surface area contributed by atoms with Crippen LogP contribution in [-0.4, -0.2) is 29.8 Å². The largest absolute Gasteiger partial charge is 0.434 e. The van der Waals surface area contributed by atoms with Gasteiger partial charge in [-0.15, -0.1) is 0 Å². The molecular formula is C8H8ClN3O2. The maximum atomic E-state index is 11.1. The second-order valence-electron chi connectivity index (χ2n) is 2.73. The van der Waals surface area contributed by atoms with Crippen LogP contribution in [0.1, 0.15) is 5.69 Å². The van der Waals surface area contributed by atoms with Gasteiger partial charge in [-0.3, -0.25) is 0 Å². The van der Waals surface area contributed by atoms with Crippen LogP contribution in [0.15, 0.2) is 12.3 Å². The van der Waals surface area contributed by atoms with E-state index in [0.29, 0.717) is 5.02 Å². The Kier molecular flexibility index (Phi) is 2.99. The van der Waals surface area contributed by atoms with Crippen molar-refractivity contribution in [3.05, 3.63) is 23.0 Å². The van der Waals surface area contributed by atoms with Gasteiger partial charge in [0.1, 0.15) is 6.07 Å².